The highest BCUT2D eigenvalue weighted by atomic mass is 35.5. The molecule has 0 aliphatic heterocycles. The molecule has 4 rings (SSSR count). The fourth-order valence-electron chi connectivity index (χ4n) is 2.78. The maximum Gasteiger partial charge on any atom is 0.0606 e. The van der Waals surface area contributed by atoms with Crippen molar-refractivity contribution in [3.05, 3.63) is 47.2 Å². The predicted molar refractivity (Wildman–Crippen MR) is 81.0 cm³/mol. The van der Waals surface area contributed by atoms with Gasteiger partial charge in [-0.05, 0) is 44.0 Å². The first-order chi connectivity index (χ1) is 9.74. The number of rotatable bonds is 2. The average Bonchev–Trinajstić information content (AvgIpc) is 3.19. The summed E-state index contributed by atoms with van der Waals surface area (Å²) in [7, 11) is 0. The van der Waals surface area contributed by atoms with Gasteiger partial charge in [-0.1, -0.05) is 17.7 Å². The van der Waals surface area contributed by atoms with E-state index in [0.717, 1.165) is 21.7 Å². The molecule has 1 saturated carbocycles. The zero-order chi connectivity index (χ0) is 13.7. The van der Waals surface area contributed by atoms with Crippen molar-refractivity contribution in [1.29, 1.82) is 0 Å². The van der Waals surface area contributed by atoms with Crippen LogP contribution in [0.25, 0.3) is 22.2 Å². The van der Waals surface area contributed by atoms with Crippen LogP contribution in [0.5, 0.6) is 0 Å². The third-order valence-electron chi connectivity index (χ3n) is 3.81. The van der Waals surface area contributed by atoms with Crippen LogP contribution in [0.4, 0.5) is 0 Å². The smallest absolute Gasteiger partial charge is 0.0606 e. The van der Waals surface area contributed by atoms with Gasteiger partial charge < -0.3 is 4.57 Å². The summed E-state index contributed by atoms with van der Waals surface area (Å²) < 4.78 is 2.40. The molecule has 1 aromatic carbocycles. The molecule has 0 saturated heterocycles. The zero-order valence-electron chi connectivity index (χ0n) is 11.2. The van der Waals surface area contributed by atoms with Gasteiger partial charge in [0.25, 0.3) is 0 Å². The van der Waals surface area contributed by atoms with E-state index in [0.29, 0.717) is 6.04 Å². The van der Waals surface area contributed by atoms with Crippen LogP contribution in [-0.2, 0) is 0 Å². The molecule has 20 heavy (non-hydrogen) atoms. The second kappa shape index (κ2) is 4.32. The molecule has 0 unspecified atom stereocenters. The molecule has 3 aromatic rings. The topological polar surface area (TPSA) is 30.7 Å². The zero-order valence-corrected chi connectivity index (χ0v) is 11.9. The minimum Gasteiger partial charge on any atom is -0.337 e. The summed E-state index contributed by atoms with van der Waals surface area (Å²) in [5, 5.41) is 10.0. The molecule has 1 aliphatic rings. The van der Waals surface area contributed by atoms with Gasteiger partial charge in [0.2, 0.25) is 0 Å². The standard InChI is InChI=1S/C16H14ClN3/c1-10-7-11(9-18-19-10)16-8-13-14(17)3-2-4-15(13)20(16)12-5-6-12/h2-4,7-9,12H,5-6H2,1H3. The Balaban J connectivity index is 2.03. The second-order valence-electron chi connectivity index (χ2n) is 5.39. The molecule has 2 heterocycles. The van der Waals surface area contributed by atoms with Crippen molar-refractivity contribution in [2.45, 2.75) is 25.8 Å². The first kappa shape index (κ1) is 11.9. The maximum atomic E-state index is 6.34. The Labute approximate surface area is 122 Å². The average molecular weight is 284 g/mol. The molecule has 1 fully saturated rings. The van der Waals surface area contributed by atoms with Crippen molar-refractivity contribution in [3.8, 4) is 11.3 Å². The third-order valence-corrected chi connectivity index (χ3v) is 4.14. The van der Waals surface area contributed by atoms with Crippen molar-refractivity contribution in [2.24, 2.45) is 0 Å². The van der Waals surface area contributed by atoms with Crippen LogP contribution in [0.2, 0.25) is 5.02 Å². The van der Waals surface area contributed by atoms with E-state index in [-0.39, 0.29) is 0 Å². The quantitative estimate of drug-likeness (QED) is 0.698. The lowest BCUT2D eigenvalue weighted by molar-refractivity contribution is 0.782. The van der Waals surface area contributed by atoms with Gasteiger partial charge in [0.15, 0.2) is 0 Å². The van der Waals surface area contributed by atoms with Crippen molar-refractivity contribution in [3.63, 3.8) is 0 Å². The van der Waals surface area contributed by atoms with E-state index in [4.69, 9.17) is 11.6 Å². The van der Waals surface area contributed by atoms with Crippen LogP contribution >= 0.6 is 11.6 Å². The lowest BCUT2D eigenvalue weighted by Crippen LogP contribution is -1.97. The monoisotopic (exact) mass is 283 g/mol. The third kappa shape index (κ3) is 1.81. The number of hydrogen-bond donors (Lipinski definition) is 0. The van der Waals surface area contributed by atoms with Crippen LogP contribution in [0, 0.1) is 6.92 Å². The molecule has 3 nitrogen and oxygen atoms in total. The molecule has 0 atom stereocenters. The largest absolute Gasteiger partial charge is 0.337 e. The molecule has 0 bridgehead atoms. The van der Waals surface area contributed by atoms with E-state index in [2.05, 4.69) is 33.0 Å². The highest BCUT2D eigenvalue weighted by molar-refractivity contribution is 6.35. The first-order valence-electron chi connectivity index (χ1n) is 6.83. The van der Waals surface area contributed by atoms with Crippen LogP contribution in [0.3, 0.4) is 0 Å². The summed E-state index contributed by atoms with van der Waals surface area (Å²) in [6.07, 6.45) is 4.30. The number of halogens is 1. The number of aromatic nitrogens is 3. The Morgan fingerprint density at radius 1 is 1.25 bits per heavy atom. The lowest BCUT2D eigenvalue weighted by Gasteiger charge is -2.09. The molecule has 4 heteroatoms. The van der Waals surface area contributed by atoms with Crippen LogP contribution in [-0.4, -0.2) is 14.8 Å². The van der Waals surface area contributed by atoms with E-state index in [1.165, 1.54) is 24.1 Å². The number of nitrogens with zero attached hydrogens (tertiary/aromatic N) is 3. The molecule has 0 spiro atoms. The number of fused-ring (bicyclic) bond motifs is 1. The summed E-state index contributed by atoms with van der Waals surface area (Å²) in [6.45, 7) is 1.97. The number of aryl methyl sites for hydroxylation is 1. The SMILES string of the molecule is Cc1cc(-c2cc3c(Cl)cccc3n2C2CC2)cnn1. The Morgan fingerprint density at radius 3 is 2.85 bits per heavy atom. The molecule has 0 radical (unpaired) electrons. The van der Waals surface area contributed by atoms with E-state index in [1.807, 2.05) is 25.3 Å². The van der Waals surface area contributed by atoms with Gasteiger partial charge in [-0.3, -0.25) is 0 Å². The number of hydrogen-bond acceptors (Lipinski definition) is 2. The van der Waals surface area contributed by atoms with Crippen molar-refractivity contribution < 1.29 is 0 Å². The van der Waals surface area contributed by atoms with Crippen molar-refractivity contribution in [1.82, 2.24) is 14.8 Å². The Bertz CT molecular complexity index is 803. The van der Waals surface area contributed by atoms with Gasteiger partial charge in [0, 0.05) is 22.0 Å². The fraction of sp³-hybridized carbons (Fsp3) is 0.250. The molecular formula is C16H14ClN3. The van der Waals surface area contributed by atoms with Gasteiger partial charge in [-0.25, -0.2) is 0 Å². The van der Waals surface area contributed by atoms with Crippen molar-refractivity contribution in [2.75, 3.05) is 0 Å². The summed E-state index contributed by atoms with van der Waals surface area (Å²) in [6, 6.07) is 10.9. The van der Waals surface area contributed by atoms with E-state index in [1.54, 1.807) is 0 Å². The predicted octanol–water partition coefficient (Wildman–Crippen LogP) is 4.40. The van der Waals surface area contributed by atoms with Crippen LogP contribution in [0.15, 0.2) is 36.5 Å². The van der Waals surface area contributed by atoms with Gasteiger partial charge >= 0.3 is 0 Å². The van der Waals surface area contributed by atoms with Crippen LogP contribution < -0.4 is 0 Å². The van der Waals surface area contributed by atoms with E-state index < -0.39 is 0 Å². The lowest BCUT2D eigenvalue weighted by atomic mass is 10.2. The summed E-state index contributed by atoms with van der Waals surface area (Å²) in [5.74, 6) is 0. The van der Waals surface area contributed by atoms with Crippen LogP contribution in [0.1, 0.15) is 24.6 Å². The van der Waals surface area contributed by atoms with Gasteiger partial charge in [-0.15, -0.1) is 0 Å². The Kier molecular flexibility index (Phi) is 2.57. The summed E-state index contributed by atoms with van der Waals surface area (Å²) in [4.78, 5) is 0. The van der Waals surface area contributed by atoms with Gasteiger partial charge in [0.05, 0.1) is 23.1 Å². The minimum absolute atomic E-state index is 0.592. The minimum atomic E-state index is 0.592. The summed E-state index contributed by atoms with van der Waals surface area (Å²) >= 11 is 6.34. The first-order valence-corrected chi connectivity index (χ1v) is 7.21. The maximum absolute atomic E-state index is 6.34. The number of benzene rings is 1. The molecule has 1 aliphatic carbocycles. The van der Waals surface area contributed by atoms with E-state index in [9.17, 15) is 0 Å². The molecular weight excluding hydrogens is 270 g/mol. The fourth-order valence-corrected chi connectivity index (χ4v) is 3.00. The molecule has 100 valence electrons. The summed E-state index contributed by atoms with van der Waals surface area (Å²) in [5.41, 5.74) is 4.44. The van der Waals surface area contributed by atoms with Gasteiger partial charge in [-0.2, -0.15) is 10.2 Å². The molecule has 0 amide bonds. The Hall–Kier alpha value is -1.87. The van der Waals surface area contributed by atoms with Gasteiger partial charge in [0.1, 0.15) is 0 Å². The normalized spacial score (nSPS) is 14.9. The highest BCUT2D eigenvalue weighted by Gasteiger charge is 2.28. The Morgan fingerprint density at radius 2 is 2.10 bits per heavy atom. The van der Waals surface area contributed by atoms with Crippen molar-refractivity contribution >= 4 is 22.5 Å². The highest BCUT2D eigenvalue weighted by Crippen LogP contribution is 2.43. The van der Waals surface area contributed by atoms with E-state index >= 15 is 0 Å². The second-order valence-corrected chi connectivity index (χ2v) is 5.80. The molecule has 0 N–H and O–H groups in total. The molecule has 2 aromatic heterocycles.